The fraction of sp³-hybridized carbons (Fsp3) is 0.750. The number of carboxylic acids is 1. The third-order valence-corrected chi connectivity index (χ3v) is 1.29. The molecular weight excluding hydrogens is 245 g/mol. The molecule has 1 amide bonds. The average Bonchev–Trinajstić information content (AvgIpc) is 2.18. The SMILES string of the molecule is CCOC(=O)N(C)CCN.O=C(O)C(F)(F)F. The minimum absolute atomic E-state index is 0.312. The maximum atomic E-state index is 10.8. The number of carbonyl (C=O) groups is 2. The molecule has 0 aliphatic rings. The highest BCUT2D eigenvalue weighted by atomic mass is 19.4. The second-order valence-corrected chi connectivity index (χ2v) is 2.71. The topological polar surface area (TPSA) is 92.9 Å². The van der Waals surface area contributed by atoms with Crippen molar-refractivity contribution in [3.63, 3.8) is 0 Å². The predicted octanol–water partition coefficient (Wildman–Crippen LogP) is 0.667. The Kier molecular flexibility index (Phi) is 9.06. The van der Waals surface area contributed by atoms with Crippen molar-refractivity contribution in [1.29, 1.82) is 0 Å². The number of nitrogens with two attached hydrogens (primary N) is 1. The standard InChI is InChI=1S/C6H14N2O2.C2HF3O2/c1-3-10-6(9)8(2)5-4-7;3-2(4,5)1(6)7/h3-5,7H2,1-2H3;(H,6,7). The van der Waals surface area contributed by atoms with Gasteiger partial charge in [-0.1, -0.05) is 0 Å². The molecule has 0 aromatic carbocycles. The van der Waals surface area contributed by atoms with Crippen LogP contribution >= 0.6 is 0 Å². The van der Waals surface area contributed by atoms with Crippen molar-refractivity contribution in [1.82, 2.24) is 4.90 Å². The van der Waals surface area contributed by atoms with Crippen molar-refractivity contribution < 1.29 is 32.6 Å². The van der Waals surface area contributed by atoms with E-state index in [1.165, 1.54) is 4.90 Å². The Morgan fingerprint density at radius 3 is 2.06 bits per heavy atom. The highest BCUT2D eigenvalue weighted by Gasteiger charge is 2.38. The number of likely N-dealkylation sites (N-methyl/N-ethyl adjacent to an activating group) is 1. The van der Waals surface area contributed by atoms with Gasteiger partial charge in [0.25, 0.3) is 0 Å². The van der Waals surface area contributed by atoms with Crippen molar-refractivity contribution in [2.45, 2.75) is 13.1 Å². The highest BCUT2D eigenvalue weighted by molar-refractivity contribution is 5.73. The van der Waals surface area contributed by atoms with E-state index in [1.807, 2.05) is 0 Å². The molecule has 9 heteroatoms. The number of hydrogen-bond acceptors (Lipinski definition) is 4. The Morgan fingerprint density at radius 2 is 1.82 bits per heavy atom. The lowest BCUT2D eigenvalue weighted by atomic mass is 10.6. The van der Waals surface area contributed by atoms with Gasteiger partial charge in [-0.25, -0.2) is 9.59 Å². The van der Waals surface area contributed by atoms with Crippen LogP contribution in [-0.4, -0.2) is 55.0 Å². The third-order valence-electron chi connectivity index (χ3n) is 1.29. The fourth-order valence-corrected chi connectivity index (χ4v) is 0.519. The van der Waals surface area contributed by atoms with Gasteiger partial charge < -0.3 is 20.5 Å². The Bertz CT molecular complexity index is 245. The largest absolute Gasteiger partial charge is 0.490 e. The number of carbonyl (C=O) groups excluding carboxylic acids is 1. The minimum atomic E-state index is -5.08. The zero-order valence-corrected chi connectivity index (χ0v) is 9.45. The smallest absolute Gasteiger partial charge is 0.475 e. The van der Waals surface area contributed by atoms with Crippen LogP contribution in [0.25, 0.3) is 0 Å². The van der Waals surface area contributed by atoms with Crippen LogP contribution < -0.4 is 5.73 Å². The molecule has 0 bridgehead atoms. The van der Waals surface area contributed by atoms with Crippen molar-refractivity contribution in [2.75, 3.05) is 26.7 Å². The lowest BCUT2D eigenvalue weighted by Gasteiger charge is -2.14. The maximum Gasteiger partial charge on any atom is 0.490 e. The fourth-order valence-electron chi connectivity index (χ4n) is 0.519. The van der Waals surface area contributed by atoms with E-state index in [0.717, 1.165) is 0 Å². The predicted molar refractivity (Wildman–Crippen MR) is 52.4 cm³/mol. The van der Waals surface area contributed by atoms with Gasteiger partial charge in [-0.05, 0) is 6.92 Å². The van der Waals surface area contributed by atoms with Crippen LogP contribution in [-0.2, 0) is 9.53 Å². The van der Waals surface area contributed by atoms with Gasteiger partial charge in [0, 0.05) is 20.1 Å². The van der Waals surface area contributed by atoms with Gasteiger partial charge in [0.05, 0.1) is 6.61 Å². The zero-order valence-electron chi connectivity index (χ0n) is 9.45. The van der Waals surface area contributed by atoms with Gasteiger partial charge in [-0.2, -0.15) is 13.2 Å². The van der Waals surface area contributed by atoms with Crippen LogP contribution in [0.4, 0.5) is 18.0 Å². The first-order valence-electron chi connectivity index (χ1n) is 4.54. The molecular formula is C8H15F3N2O4. The minimum Gasteiger partial charge on any atom is -0.475 e. The summed E-state index contributed by atoms with van der Waals surface area (Å²) in [6, 6.07) is 0. The molecule has 0 saturated carbocycles. The Morgan fingerprint density at radius 1 is 1.41 bits per heavy atom. The number of amides is 1. The van der Waals surface area contributed by atoms with E-state index >= 15 is 0 Å². The van der Waals surface area contributed by atoms with Gasteiger partial charge in [0.2, 0.25) is 0 Å². The van der Waals surface area contributed by atoms with Gasteiger partial charge in [0.1, 0.15) is 0 Å². The zero-order chi connectivity index (χ0) is 14.1. The van der Waals surface area contributed by atoms with Crippen LogP contribution in [0.2, 0.25) is 0 Å². The molecule has 0 unspecified atom stereocenters. The lowest BCUT2D eigenvalue weighted by Crippen LogP contribution is -2.32. The second kappa shape index (κ2) is 8.62. The molecule has 0 atom stereocenters. The molecule has 0 aliphatic carbocycles. The first kappa shape index (κ1) is 17.9. The Labute approximate surface area is 96.1 Å². The van der Waals surface area contributed by atoms with Crippen LogP contribution in [0, 0.1) is 0 Å². The molecule has 0 aliphatic heterocycles. The molecule has 3 N–H and O–H groups in total. The monoisotopic (exact) mass is 260 g/mol. The highest BCUT2D eigenvalue weighted by Crippen LogP contribution is 2.13. The van der Waals surface area contributed by atoms with Gasteiger partial charge in [-0.3, -0.25) is 0 Å². The van der Waals surface area contributed by atoms with Crippen LogP contribution in [0.5, 0.6) is 0 Å². The number of halogens is 3. The van der Waals surface area contributed by atoms with E-state index < -0.39 is 12.1 Å². The van der Waals surface area contributed by atoms with Crippen molar-refractivity contribution >= 4 is 12.1 Å². The van der Waals surface area contributed by atoms with E-state index in [9.17, 15) is 18.0 Å². The van der Waals surface area contributed by atoms with Crippen molar-refractivity contribution in [3.05, 3.63) is 0 Å². The molecule has 0 radical (unpaired) electrons. The van der Waals surface area contributed by atoms with E-state index in [-0.39, 0.29) is 6.09 Å². The number of rotatable bonds is 3. The summed E-state index contributed by atoms with van der Waals surface area (Å²) in [6.45, 7) is 3.19. The summed E-state index contributed by atoms with van der Waals surface area (Å²) in [4.78, 5) is 21.1. The quantitative estimate of drug-likeness (QED) is 0.777. The molecule has 0 aromatic rings. The summed E-state index contributed by atoms with van der Waals surface area (Å²) in [7, 11) is 1.66. The van der Waals surface area contributed by atoms with E-state index in [1.54, 1.807) is 14.0 Å². The average molecular weight is 260 g/mol. The summed E-state index contributed by atoms with van der Waals surface area (Å²) >= 11 is 0. The molecule has 0 aromatic heterocycles. The summed E-state index contributed by atoms with van der Waals surface area (Å²) in [6.07, 6.45) is -5.40. The molecule has 6 nitrogen and oxygen atoms in total. The second-order valence-electron chi connectivity index (χ2n) is 2.71. The number of nitrogens with zero attached hydrogens (tertiary/aromatic N) is 1. The number of ether oxygens (including phenoxy) is 1. The molecule has 0 spiro atoms. The molecule has 0 heterocycles. The molecule has 0 rings (SSSR count). The first-order chi connectivity index (χ1) is 7.66. The normalized spacial score (nSPS) is 10.0. The summed E-state index contributed by atoms with van der Waals surface area (Å²) in [5, 5.41) is 7.12. The molecule has 17 heavy (non-hydrogen) atoms. The first-order valence-corrected chi connectivity index (χ1v) is 4.54. The number of carboxylic acid groups (broad SMARTS) is 1. The number of alkyl halides is 3. The summed E-state index contributed by atoms with van der Waals surface area (Å²) in [5.41, 5.74) is 5.21. The van der Waals surface area contributed by atoms with Gasteiger partial charge in [-0.15, -0.1) is 0 Å². The molecule has 102 valence electrons. The summed E-state index contributed by atoms with van der Waals surface area (Å²) < 4.78 is 36.4. The number of hydrogen-bond donors (Lipinski definition) is 2. The molecule has 0 fully saturated rings. The lowest BCUT2D eigenvalue weighted by molar-refractivity contribution is -0.192. The van der Waals surface area contributed by atoms with E-state index in [2.05, 4.69) is 4.74 Å². The Hall–Kier alpha value is -1.51. The van der Waals surface area contributed by atoms with Crippen LogP contribution in [0.1, 0.15) is 6.92 Å². The van der Waals surface area contributed by atoms with Gasteiger partial charge in [0.15, 0.2) is 0 Å². The third kappa shape index (κ3) is 10.8. The maximum absolute atomic E-state index is 10.8. The van der Waals surface area contributed by atoms with Crippen molar-refractivity contribution in [2.24, 2.45) is 5.73 Å². The van der Waals surface area contributed by atoms with Crippen molar-refractivity contribution in [3.8, 4) is 0 Å². The molecule has 0 saturated heterocycles. The van der Waals surface area contributed by atoms with E-state index in [0.29, 0.717) is 19.7 Å². The van der Waals surface area contributed by atoms with Crippen LogP contribution in [0.3, 0.4) is 0 Å². The van der Waals surface area contributed by atoms with Gasteiger partial charge >= 0.3 is 18.2 Å². The Balaban J connectivity index is 0. The van der Waals surface area contributed by atoms with Crippen LogP contribution in [0.15, 0.2) is 0 Å². The summed E-state index contributed by atoms with van der Waals surface area (Å²) in [5.74, 6) is -2.76. The van der Waals surface area contributed by atoms with E-state index in [4.69, 9.17) is 15.6 Å². The number of aliphatic carboxylic acids is 1.